The normalized spacial score (nSPS) is 20.8. The van der Waals surface area contributed by atoms with Crippen LogP contribution in [0.4, 0.5) is 0 Å². The van der Waals surface area contributed by atoms with Gasteiger partial charge in [-0.1, -0.05) is 30.3 Å². The first-order valence-electron chi connectivity index (χ1n) is 4.64. The monoisotopic (exact) mass is 188 g/mol. The number of carbonyl (C=O) groups is 1. The highest BCUT2D eigenvalue weighted by atomic mass is 16.1. The number of benzene rings is 1. The van der Waals surface area contributed by atoms with Crippen molar-refractivity contribution in [2.75, 3.05) is 0 Å². The molecular formula is C11H12N2O. The van der Waals surface area contributed by atoms with Crippen molar-refractivity contribution in [1.82, 2.24) is 5.01 Å². The highest BCUT2D eigenvalue weighted by molar-refractivity contribution is 5.85. The van der Waals surface area contributed by atoms with Gasteiger partial charge in [0.25, 0.3) is 0 Å². The molecule has 0 unspecified atom stereocenters. The number of carbonyl (C=O) groups excluding carboxylic acids is 1. The number of hydrogen-bond donors (Lipinski definition) is 0. The van der Waals surface area contributed by atoms with Gasteiger partial charge in [-0.05, 0) is 12.5 Å². The van der Waals surface area contributed by atoms with E-state index in [-0.39, 0.29) is 6.04 Å². The van der Waals surface area contributed by atoms with Gasteiger partial charge in [-0.3, -0.25) is 4.79 Å². The van der Waals surface area contributed by atoms with Gasteiger partial charge < -0.3 is 0 Å². The fourth-order valence-electron chi connectivity index (χ4n) is 1.72. The van der Waals surface area contributed by atoms with E-state index in [9.17, 15) is 4.79 Å². The van der Waals surface area contributed by atoms with Crippen LogP contribution in [0.2, 0.25) is 0 Å². The predicted octanol–water partition coefficient (Wildman–Crippen LogP) is 1.97. The maximum absolute atomic E-state index is 10.8. The third-order valence-corrected chi connectivity index (χ3v) is 2.39. The molecule has 1 aliphatic rings. The molecule has 1 atom stereocenters. The summed E-state index contributed by atoms with van der Waals surface area (Å²) in [6.45, 7) is 1.94. The minimum Gasteiger partial charge on any atom is -0.277 e. The van der Waals surface area contributed by atoms with Gasteiger partial charge in [-0.15, -0.1) is 0 Å². The second kappa shape index (κ2) is 3.62. The molecule has 0 aliphatic carbocycles. The van der Waals surface area contributed by atoms with E-state index in [4.69, 9.17) is 0 Å². The summed E-state index contributed by atoms with van der Waals surface area (Å²) in [4.78, 5) is 10.8. The van der Waals surface area contributed by atoms with Gasteiger partial charge in [0.15, 0.2) is 0 Å². The van der Waals surface area contributed by atoms with Crippen molar-refractivity contribution in [2.24, 2.45) is 5.10 Å². The molecule has 0 N–H and O–H groups in total. The Morgan fingerprint density at radius 3 is 2.79 bits per heavy atom. The Morgan fingerprint density at radius 2 is 2.14 bits per heavy atom. The van der Waals surface area contributed by atoms with Crippen LogP contribution in [0, 0.1) is 0 Å². The summed E-state index contributed by atoms with van der Waals surface area (Å²) in [6, 6.07) is 10.1. The molecule has 1 aromatic carbocycles. The maximum Gasteiger partial charge on any atom is 0.230 e. The second-order valence-electron chi connectivity index (χ2n) is 3.45. The SMILES string of the molecule is CC1=NN(C=O)[C@H](c2ccccc2)C1. The Balaban J connectivity index is 2.25. The Kier molecular flexibility index (Phi) is 2.31. The first-order valence-corrected chi connectivity index (χ1v) is 4.64. The number of hydrogen-bond acceptors (Lipinski definition) is 2. The molecule has 1 amide bonds. The molecular weight excluding hydrogens is 176 g/mol. The average Bonchev–Trinajstić information content (AvgIpc) is 2.61. The maximum atomic E-state index is 10.8. The molecule has 0 radical (unpaired) electrons. The van der Waals surface area contributed by atoms with Crippen molar-refractivity contribution in [3.05, 3.63) is 35.9 Å². The fourth-order valence-corrected chi connectivity index (χ4v) is 1.72. The van der Waals surface area contributed by atoms with Crippen LogP contribution in [-0.4, -0.2) is 17.1 Å². The molecule has 0 saturated carbocycles. The molecule has 14 heavy (non-hydrogen) atoms. The smallest absolute Gasteiger partial charge is 0.230 e. The van der Waals surface area contributed by atoms with Crippen molar-refractivity contribution in [2.45, 2.75) is 19.4 Å². The van der Waals surface area contributed by atoms with Crippen LogP contribution in [-0.2, 0) is 4.79 Å². The quantitative estimate of drug-likeness (QED) is 0.653. The Bertz CT molecular complexity index is 359. The zero-order chi connectivity index (χ0) is 9.97. The summed E-state index contributed by atoms with van der Waals surface area (Å²) in [5.74, 6) is 0. The molecule has 2 rings (SSSR count). The molecule has 0 fully saturated rings. The molecule has 0 aromatic heterocycles. The predicted molar refractivity (Wildman–Crippen MR) is 54.8 cm³/mol. The van der Waals surface area contributed by atoms with Crippen molar-refractivity contribution < 1.29 is 4.79 Å². The lowest BCUT2D eigenvalue weighted by Gasteiger charge is -2.16. The zero-order valence-corrected chi connectivity index (χ0v) is 8.05. The van der Waals surface area contributed by atoms with E-state index in [1.807, 2.05) is 37.3 Å². The van der Waals surface area contributed by atoms with E-state index in [2.05, 4.69) is 5.10 Å². The van der Waals surface area contributed by atoms with Crippen LogP contribution in [0.25, 0.3) is 0 Å². The summed E-state index contributed by atoms with van der Waals surface area (Å²) in [5, 5.41) is 5.64. The van der Waals surface area contributed by atoms with E-state index in [0.717, 1.165) is 24.1 Å². The summed E-state index contributed by atoms with van der Waals surface area (Å²) >= 11 is 0. The molecule has 3 nitrogen and oxygen atoms in total. The first-order chi connectivity index (χ1) is 6.81. The highest BCUT2D eigenvalue weighted by Gasteiger charge is 2.25. The van der Waals surface area contributed by atoms with Crippen molar-refractivity contribution in [1.29, 1.82) is 0 Å². The van der Waals surface area contributed by atoms with Gasteiger partial charge in [-0.2, -0.15) is 5.10 Å². The van der Waals surface area contributed by atoms with Crippen molar-refractivity contribution in [3.63, 3.8) is 0 Å². The Morgan fingerprint density at radius 1 is 1.43 bits per heavy atom. The largest absolute Gasteiger partial charge is 0.277 e. The molecule has 72 valence electrons. The van der Waals surface area contributed by atoms with Gasteiger partial charge in [-0.25, -0.2) is 5.01 Å². The van der Waals surface area contributed by atoms with Gasteiger partial charge in [0.05, 0.1) is 6.04 Å². The molecule has 0 saturated heterocycles. The van der Waals surface area contributed by atoms with Crippen LogP contribution in [0.5, 0.6) is 0 Å². The third-order valence-electron chi connectivity index (χ3n) is 2.39. The van der Waals surface area contributed by atoms with Gasteiger partial charge >= 0.3 is 0 Å². The lowest BCUT2D eigenvalue weighted by Crippen LogP contribution is -2.17. The lowest BCUT2D eigenvalue weighted by molar-refractivity contribution is -0.119. The Hall–Kier alpha value is -1.64. The van der Waals surface area contributed by atoms with Crippen molar-refractivity contribution >= 4 is 12.1 Å². The standard InChI is InChI=1S/C11H12N2O/c1-9-7-11(13(8-14)12-9)10-5-3-2-4-6-10/h2-6,8,11H,7H2,1H3/t11-/m0/s1. The highest BCUT2D eigenvalue weighted by Crippen LogP contribution is 2.28. The topological polar surface area (TPSA) is 32.7 Å². The van der Waals surface area contributed by atoms with Crippen LogP contribution in [0.1, 0.15) is 24.9 Å². The summed E-state index contributed by atoms with van der Waals surface area (Å²) in [7, 11) is 0. The summed E-state index contributed by atoms with van der Waals surface area (Å²) in [5.41, 5.74) is 2.14. The summed E-state index contributed by atoms with van der Waals surface area (Å²) in [6.07, 6.45) is 1.62. The molecule has 1 aromatic rings. The van der Waals surface area contributed by atoms with Gasteiger partial charge in [0, 0.05) is 12.1 Å². The van der Waals surface area contributed by atoms with Crippen LogP contribution in [0.3, 0.4) is 0 Å². The minimum atomic E-state index is 0.0914. The van der Waals surface area contributed by atoms with Crippen molar-refractivity contribution in [3.8, 4) is 0 Å². The van der Waals surface area contributed by atoms with E-state index >= 15 is 0 Å². The van der Waals surface area contributed by atoms with E-state index in [1.54, 1.807) is 0 Å². The Labute approximate surface area is 83.0 Å². The molecule has 1 aliphatic heterocycles. The fraction of sp³-hybridized carbons (Fsp3) is 0.273. The molecule has 0 bridgehead atoms. The van der Waals surface area contributed by atoms with E-state index in [0.29, 0.717) is 0 Å². The number of hydrazone groups is 1. The number of amides is 1. The molecule has 0 spiro atoms. The number of rotatable bonds is 2. The van der Waals surface area contributed by atoms with Crippen LogP contribution >= 0.6 is 0 Å². The van der Waals surface area contributed by atoms with Crippen LogP contribution in [0.15, 0.2) is 35.4 Å². The van der Waals surface area contributed by atoms with Gasteiger partial charge in [0.2, 0.25) is 6.41 Å². The first kappa shape index (κ1) is 8.94. The van der Waals surface area contributed by atoms with Gasteiger partial charge in [0.1, 0.15) is 0 Å². The van der Waals surface area contributed by atoms with E-state index < -0.39 is 0 Å². The average molecular weight is 188 g/mol. The minimum absolute atomic E-state index is 0.0914. The number of nitrogens with zero attached hydrogens (tertiary/aromatic N) is 2. The third kappa shape index (κ3) is 1.53. The second-order valence-corrected chi connectivity index (χ2v) is 3.45. The summed E-state index contributed by atoms with van der Waals surface area (Å²) < 4.78 is 0. The van der Waals surface area contributed by atoms with E-state index in [1.165, 1.54) is 5.01 Å². The zero-order valence-electron chi connectivity index (χ0n) is 8.05. The molecule has 3 heteroatoms. The van der Waals surface area contributed by atoms with Crippen LogP contribution < -0.4 is 0 Å². The molecule has 1 heterocycles. The lowest BCUT2D eigenvalue weighted by atomic mass is 10.0.